The number of rotatable bonds is 4. The summed E-state index contributed by atoms with van der Waals surface area (Å²) in [7, 11) is 0. The van der Waals surface area contributed by atoms with E-state index in [9.17, 15) is 10.2 Å². The van der Waals surface area contributed by atoms with Gasteiger partial charge in [-0.2, -0.15) is 0 Å². The van der Waals surface area contributed by atoms with Crippen molar-refractivity contribution in [1.29, 1.82) is 0 Å². The van der Waals surface area contributed by atoms with Gasteiger partial charge in [0.1, 0.15) is 5.75 Å². The maximum Gasteiger partial charge on any atom is 0.290 e. The first-order valence-electron chi connectivity index (χ1n) is 8.45. The SMILES string of the molecule is O=CO.Oc1ccc(CCN2CC[C@@H](c3ccccc3)[C@H](O)C2)cc1. The molecular formula is C20H25NO4. The Balaban J connectivity index is 0.000000701. The Labute approximate surface area is 148 Å². The fourth-order valence-electron chi connectivity index (χ4n) is 3.24. The highest BCUT2D eigenvalue weighted by atomic mass is 16.3. The van der Waals surface area contributed by atoms with Gasteiger partial charge in [-0.25, -0.2) is 0 Å². The molecule has 5 heteroatoms. The molecule has 0 unspecified atom stereocenters. The average Bonchev–Trinajstić information content (AvgIpc) is 2.63. The van der Waals surface area contributed by atoms with Crippen molar-refractivity contribution >= 4 is 6.47 Å². The van der Waals surface area contributed by atoms with Gasteiger partial charge in [0.15, 0.2) is 0 Å². The molecule has 2 atom stereocenters. The van der Waals surface area contributed by atoms with E-state index in [4.69, 9.17) is 9.90 Å². The summed E-state index contributed by atoms with van der Waals surface area (Å²) in [5, 5.41) is 26.6. The number of aromatic hydroxyl groups is 1. The van der Waals surface area contributed by atoms with Crippen molar-refractivity contribution in [3.63, 3.8) is 0 Å². The molecule has 0 bridgehead atoms. The van der Waals surface area contributed by atoms with Crippen LogP contribution < -0.4 is 0 Å². The van der Waals surface area contributed by atoms with Gasteiger partial charge < -0.3 is 20.2 Å². The Hall–Kier alpha value is -2.37. The highest BCUT2D eigenvalue weighted by molar-refractivity contribution is 5.32. The fraction of sp³-hybridized carbons (Fsp3) is 0.350. The summed E-state index contributed by atoms with van der Waals surface area (Å²) < 4.78 is 0. The number of carboxylic acid groups (broad SMARTS) is 1. The zero-order valence-electron chi connectivity index (χ0n) is 14.2. The zero-order chi connectivity index (χ0) is 18.1. The molecule has 0 aromatic heterocycles. The Kier molecular flexibility index (Phi) is 7.44. The smallest absolute Gasteiger partial charge is 0.290 e. The molecular weight excluding hydrogens is 318 g/mol. The van der Waals surface area contributed by atoms with Crippen LogP contribution in [0.2, 0.25) is 0 Å². The number of likely N-dealkylation sites (tertiary alicyclic amines) is 1. The third kappa shape index (κ3) is 5.89. The molecule has 3 rings (SSSR count). The van der Waals surface area contributed by atoms with Crippen LogP contribution in [0, 0.1) is 0 Å². The van der Waals surface area contributed by atoms with E-state index in [0.717, 1.165) is 32.5 Å². The number of aliphatic hydroxyl groups excluding tert-OH is 1. The van der Waals surface area contributed by atoms with E-state index in [-0.39, 0.29) is 18.5 Å². The van der Waals surface area contributed by atoms with E-state index in [1.54, 1.807) is 12.1 Å². The molecule has 2 aromatic carbocycles. The number of nitrogens with zero attached hydrogens (tertiary/aromatic N) is 1. The van der Waals surface area contributed by atoms with Crippen molar-refractivity contribution in [2.24, 2.45) is 0 Å². The number of piperidine rings is 1. The Bertz CT molecular complexity index is 630. The van der Waals surface area contributed by atoms with Crippen LogP contribution in [0.5, 0.6) is 5.75 Å². The lowest BCUT2D eigenvalue weighted by atomic mass is 9.87. The second kappa shape index (κ2) is 9.81. The summed E-state index contributed by atoms with van der Waals surface area (Å²) in [5.41, 5.74) is 2.46. The van der Waals surface area contributed by atoms with Gasteiger partial charge in [-0.3, -0.25) is 4.79 Å². The van der Waals surface area contributed by atoms with Gasteiger partial charge in [0, 0.05) is 19.0 Å². The molecule has 3 N–H and O–H groups in total. The molecule has 0 saturated carbocycles. The van der Waals surface area contributed by atoms with Crippen LogP contribution in [0.15, 0.2) is 54.6 Å². The predicted molar refractivity (Wildman–Crippen MR) is 96.8 cm³/mol. The van der Waals surface area contributed by atoms with Gasteiger partial charge >= 0.3 is 0 Å². The van der Waals surface area contributed by atoms with Crippen LogP contribution in [0.3, 0.4) is 0 Å². The van der Waals surface area contributed by atoms with E-state index in [0.29, 0.717) is 5.75 Å². The van der Waals surface area contributed by atoms with Crippen LogP contribution in [-0.2, 0) is 11.2 Å². The van der Waals surface area contributed by atoms with Crippen LogP contribution in [0.1, 0.15) is 23.5 Å². The van der Waals surface area contributed by atoms with Crippen molar-refractivity contribution < 1.29 is 20.1 Å². The number of carbonyl (C=O) groups is 1. The number of phenols is 1. The number of phenolic OH excluding ortho intramolecular Hbond substituents is 1. The number of β-amino-alcohol motifs (C(OH)–C–C–N with tert-alkyl or cyclic N) is 1. The van der Waals surface area contributed by atoms with Gasteiger partial charge in [-0.1, -0.05) is 42.5 Å². The molecule has 1 heterocycles. The summed E-state index contributed by atoms with van der Waals surface area (Å²) in [4.78, 5) is 10.7. The predicted octanol–water partition coefficient (Wildman–Crippen LogP) is 2.49. The molecule has 1 fully saturated rings. The fourth-order valence-corrected chi connectivity index (χ4v) is 3.24. The van der Waals surface area contributed by atoms with E-state index in [2.05, 4.69) is 17.0 Å². The molecule has 25 heavy (non-hydrogen) atoms. The highest BCUT2D eigenvalue weighted by Crippen LogP contribution is 2.28. The van der Waals surface area contributed by atoms with Crippen LogP contribution in [0.25, 0.3) is 0 Å². The third-order valence-electron chi connectivity index (χ3n) is 4.55. The standard InChI is InChI=1S/C19H23NO2.CH2O2/c21-17-8-6-15(7-9-17)10-12-20-13-11-18(19(22)14-20)16-4-2-1-3-5-16;2-1-3/h1-9,18-19,21-22H,10-14H2;1H,(H,2,3)/t18-,19+;/m0./s1. The molecule has 1 aliphatic heterocycles. The third-order valence-corrected chi connectivity index (χ3v) is 4.55. The Morgan fingerprint density at radius 2 is 1.72 bits per heavy atom. The van der Waals surface area contributed by atoms with Crippen LogP contribution >= 0.6 is 0 Å². The quantitative estimate of drug-likeness (QED) is 0.743. The minimum Gasteiger partial charge on any atom is -0.508 e. The molecule has 5 nitrogen and oxygen atoms in total. The maximum atomic E-state index is 10.5. The van der Waals surface area contributed by atoms with Crippen molar-refractivity contribution in [2.75, 3.05) is 19.6 Å². The van der Waals surface area contributed by atoms with E-state index in [1.807, 2.05) is 30.3 Å². The van der Waals surface area contributed by atoms with E-state index in [1.165, 1.54) is 11.1 Å². The number of aliphatic hydroxyl groups is 1. The lowest BCUT2D eigenvalue weighted by Gasteiger charge is -2.36. The summed E-state index contributed by atoms with van der Waals surface area (Å²) in [6.07, 6.45) is 1.65. The monoisotopic (exact) mass is 343 g/mol. The summed E-state index contributed by atoms with van der Waals surface area (Å²) >= 11 is 0. The second-order valence-corrected chi connectivity index (χ2v) is 6.20. The average molecular weight is 343 g/mol. The lowest BCUT2D eigenvalue weighted by Crippen LogP contribution is -2.43. The highest BCUT2D eigenvalue weighted by Gasteiger charge is 2.28. The largest absolute Gasteiger partial charge is 0.508 e. The number of hydrogen-bond acceptors (Lipinski definition) is 4. The maximum absolute atomic E-state index is 10.5. The molecule has 0 spiro atoms. The number of hydrogen-bond donors (Lipinski definition) is 3. The zero-order valence-corrected chi connectivity index (χ0v) is 14.2. The van der Waals surface area contributed by atoms with Crippen molar-refractivity contribution in [3.05, 3.63) is 65.7 Å². The lowest BCUT2D eigenvalue weighted by molar-refractivity contribution is -0.122. The summed E-state index contributed by atoms with van der Waals surface area (Å²) in [6.45, 7) is 2.45. The number of benzene rings is 2. The van der Waals surface area contributed by atoms with E-state index < -0.39 is 0 Å². The molecule has 2 aromatic rings. The Morgan fingerprint density at radius 1 is 1.08 bits per heavy atom. The first-order valence-corrected chi connectivity index (χ1v) is 8.45. The molecule has 0 aliphatic carbocycles. The summed E-state index contributed by atoms with van der Waals surface area (Å²) in [6, 6.07) is 17.7. The second-order valence-electron chi connectivity index (χ2n) is 6.20. The van der Waals surface area contributed by atoms with Gasteiger partial charge in [0.2, 0.25) is 0 Å². The first kappa shape index (κ1) is 19.0. The molecule has 1 aliphatic rings. The molecule has 1 saturated heterocycles. The van der Waals surface area contributed by atoms with Crippen LogP contribution in [0.4, 0.5) is 0 Å². The van der Waals surface area contributed by atoms with E-state index >= 15 is 0 Å². The minimum atomic E-state index is -0.295. The van der Waals surface area contributed by atoms with Crippen LogP contribution in [-0.4, -0.2) is 52.4 Å². The van der Waals surface area contributed by atoms with Crippen molar-refractivity contribution in [1.82, 2.24) is 4.90 Å². The van der Waals surface area contributed by atoms with Crippen molar-refractivity contribution in [2.45, 2.75) is 24.9 Å². The normalized spacial score (nSPS) is 20.4. The summed E-state index contributed by atoms with van der Waals surface area (Å²) in [5.74, 6) is 0.564. The van der Waals surface area contributed by atoms with Gasteiger partial charge in [0.25, 0.3) is 6.47 Å². The van der Waals surface area contributed by atoms with Gasteiger partial charge in [-0.05, 0) is 42.6 Å². The molecule has 0 amide bonds. The van der Waals surface area contributed by atoms with Crippen molar-refractivity contribution in [3.8, 4) is 5.75 Å². The molecule has 0 radical (unpaired) electrons. The van der Waals surface area contributed by atoms with Gasteiger partial charge in [-0.15, -0.1) is 0 Å². The van der Waals surface area contributed by atoms with Gasteiger partial charge in [0.05, 0.1) is 6.10 Å². The molecule has 134 valence electrons. The minimum absolute atomic E-state index is 0.250. The Morgan fingerprint density at radius 3 is 2.32 bits per heavy atom. The first-order chi connectivity index (χ1) is 12.1. The topological polar surface area (TPSA) is 81.0 Å².